The zero-order chi connectivity index (χ0) is 19.4. The Balaban J connectivity index is 2.37. The number of hydrogen-bond acceptors (Lipinski definition) is 5. The molecule has 1 saturated heterocycles. The van der Waals surface area contributed by atoms with Gasteiger partial charge in [0.2, 0.25) is 0 Å². The van der Waals surface area contributed by atoms with E-state index in [-0.39, 0.29) is 30.7 Å². The number of esters is 1. The first-order chi connectivity index (χ1) is 12.4. The molecule has 0 aliphatic carbocycles. The van der Waals surface area contributed by atoms with Crippen molar-refractivity contribution in [2.45, 2.75) is 96.8 Å². The Bertz CT molecular complexity index is 415. The molecule has 0 spiro atoms. The molecule has 0 aromatic heterocycles. The molecule has 6 heteroatoms. The van der Waals surface area contributed by atoms with E-state index in [0.29, 0.717) is 19.0 Å². The lowest BCUT2D eigenvalue weighted by Crippen LogP contribution is -2.39. The van der Waals surface area contributed by atoms with Crippen LogP contribution in [0.15, 0.2) is 0 Å². The lowest BCUT2D eigenvalue weighted by Gasteiger charge is -2.22. The first kappa shape index (κ1) is 22.7. The Kier molecular flexibility index (Phi) is 11.3. The molecule has 1 aliphatic rings. The van der Waals surface area contributed by atoms with Crippen molar-refractivity contribution in [3.05, 3.63) is 0 Å². The van der Waals surface area contributed by atoms with Crippen LogP contribution in [0.3, 0.4) is 0 Å². The maximum atomic E-state index is 12.2. The van der Waals surface area contributed by atoms with Crippen molar-refractivity contribution in [2.24, 2.45) is 0 Å². The van der Waals surface area contributed by atoms with Gasteiger partial charge in [-0.05, 0) is 59.5 Å². The summed E-state index contributed by atoms with van der Waals surface area (Å²) in [5.74, 6) is -0.227. The van der Waals surface area contributed by atoms with E-state index in [1.54, 1.807) is 0 Å². The van der Waals surface area contributed by atoms with Crippen molar-refractivity contribution in [2.75, 3.05) is 20.1 Å². The molecule has 2 atom stereocenters. The summed E-state index contributed by atoms with van der Waals surface area (Å²) in [4.78, 5) is 26.2. The van der Waals surface area contributed by atoms with Crippen molar-refractivity contribution in [3.8, 4) is 0 Å². The fraction of sp³-hybridized carbons (Fsp3) is 0.900. The summed E-state index contributed by atoms with van der Waals surface area (Å²) >= 11 is 0. The van der Waals surface area contributed by atoms with Gasteiger partial charge in [0, 0.05) is 19.0 Å². The summed E-state index contributed by atoms with van der Waals surface area (Å²) in [6, 6.07) is 0.395. The van der Waals surface area contributed by atoms with Crippen LogP contribution >= 0.6 is 0 Å². The third-order valence-electron chi connectivity index (χ3n) is 4.84. The molecule has 1 heterocycles. The fourth-order valence-corrected chi connectivity index (χ4v) is 3.29. The maximum Gasteiger partial charge on any atom is 0.407 e. The van der Waals surface area contributed by atoms with Crippen LogP contribution in [0.1, 0.15) is 78.6 Å². The molecule has 1 rings (SSSR count). The Labute approximate surface area is 159 Å². The van der Waals surface area contributed by atoms with Gasteiger partial charge in [-0.1, -0.05) is 26.2 Å². The average Bonchev–Trinajstić information content (AvgIpc) is 2.99. The van der Waals surface area contributed by atoms with E-state index in [0.717, 1.165) is 32.2 Å². The highest BCUT2D eigenvalue weighted by Gasteiger charge is 2.22. The van der Waals surface area contributed by atoms with Crippen LogP contribution in [0, 0.1) is 0 Å². The quantitative estimate of drug-likeness (QED) is 0.417. The standard InChI is InChI=1S/C20H38N2O4/c1-5-6-7-8-11-18(12-13-19(23)25-16(2)3)26-20(24)21-15-17-10-9-14-22(17)4/h16-18H,5-15H2,1-4H3,(H,21,24). The van der Waals surface area contributed by atoms with Crippen LogP contribution in [-0.2, 0) is 14.3 Å². The molecule has 1 fully saturated rings. The maximum absolute atomic E-state index is 12.2. The van der Waals surface area contributed by atoms with Crippen LogP contribution in [0.4, 0.5) is 4.79 Å². The molecule has 6 nitrogen and oxygen atoms in total. The minimum absolute atomic E-state index is 0.113. The van der Waals surface area contributed by atoms with Crippen LogP contribution in [0.25, 0.3) is 0 Å². The first-order valence-corrected chi connectivity index (χ1v) is 10.3. The lowest BCUT2D eigenvalue weighted by molar-refractivity contribution is -0.148. The second kappa shape index (κ2) is 13.0. The number of unbranched alkanes of at least 4 members (excludes halogenated alkanes) is 3. The molecule has 2 unspecified atom stereocenters. The largest absolute Gasteiger partial charge is 0.463 e. The van der Waals surface area contributed by atoms with Crippen molar-refractivity contribution in [1.82, 2.24) is 10.2 Å². The summed E-state index contributed by atoms with van der Waals surface area (Å²) in [5, 5.41) is 2.89. The van der Waals surface area contributed by atoms with Gasteiger partial charge in [0.15, 0.2) is 0 Å². The fourth-order valence-electron chi connectivity index (χ4n) is 3.29. The number of carbonyl (C=O) groups excluding carboxylic acids is 2. The molecule has 1 aliphatic heterocycles. The van der Waals surface area contributed by atoms with E-state index >= 15 is 0 Å². The molecule has 0 bridgehead atoms. The summed E-state index contributed by atoms with van der Waals surface area (Å²) in [7, 11) is 2.08. The number of rotatable bonds is 12. The zero-order valence-electron chi connectivity index (χ0n) is 17.1. The predicted molar refractivity (Wildman–Crippen MR) is 103 cm³/mol. The van der Waals surface area contributed by atoms with Crippen molar-refractivity contribution in [1.29, 1.82) is 0 Å². The van der Waals surface area contributed by atoms with Gasteiger partial charge < -0.3 is 19.7 Å². The Morgan fingerprint density at radius 1 is 1.15 bits per heavy atom. The number of likely N-dealkylation sites (N-methyl/N-ethyl adjacent to an activating group) is 1. The molecule has 152 valence electrons. The smallest absolute Gasteiger partial charge is 0.407 e. The number of hydrogen-bond donors (Lipinski definition) is 1. The first-order valence-electron chi connectivity index (χ1n) is 10.3. The van der Waals surface area contributed by atoms with E-state index < -0.39 is 0 Å². The van der Waals surface area contributed by atoms with E-state index in [9.17, 15) is 9.59 Å². The molecular weight excluding hydrogens is 332 g/mol. The van der Waals surface area contributed by atoms with Crippen LogP contribution in [0.2, 0.25) is 0 Å². The Morgan fingerprint density at radius 3 is 2.54 bits per heavy atom. The lowest BCUT2D eigenvalue weighted by atomic mass is 10.1. The van der Waals surface area contributed by atoms with E-state index in [1.165, 1.54) is 19.3 Å². The molecule has 0 saturated carbocycles. The minimum atomic E-state index is -0.372. The number of amides is 1. The second-order valence-electron chi connectivity index (χ2n) is 7.61. The molecule has 0 radical (unpaired) electrons. The van der Waals surface area contributed by atoms with E-state index in [2.05, 4.69) is 24.2 Å². The minimum Gasteiger partial charge on any atom is -0.463 e. The molecule has 1 N–H and O–H groups in total. The molecular formula is C20H38N2O4. The van der Waals surface area contributed by atoms with Gasteiger partial charge in [-0.3, -0.25) is 4.79 Å². The summed E-state index contributed by atoms with van der Waals surface area (Å²) in [6.07, 6.45) is 7.67. The monoisotopic (exact) mass is 370 g/mol. The van der Waals surface area contributed by atoms with Crippen molar-refractivity contribution < 1.29 is 19.1 Å². The average molecular weight is 371 g/mol. The summed E-state index contributed by atoms with van der Waals surface area (Å²) < 4.78 is 10.8. The summed E-state index contributed by atoms with van der Waals surface area (Å²) in [5.41, 5.74) is 0. The third-order valence-corrected chi connectivity index (χ3v) is 4.84. The number of ether oxygens (including phenoxy) is 2. The highest BCUT2D eigenvalue weighted by atomic mass is 16.6. The van der Waals surface area contributed by atoms with Gasteiger partial charge in [-0.2, -0.15) is 0 Å². The van der Waals surface area contributed by atoms with Gasteiger partial charge in [-0.25, -0.2) is 4.79 Å². The van der Waals surface area contributed by atoms with Crippen molar-refractivity contribution in [3.63, 3.8) is 0 Å². The van der Waals surface area contributed by atoms with E-state index in [4.69, 9.17) is 9.47 Å². The molecule has 0 aromatic carbocycles. The van der Waals surface area contributed by atoms with E-state index in [1.807, 2.05) is 13.8 Å². The third kappa shape index (κ3) is 10.00. The number of likely N-dealkylation sites (tertiary alicyclic amines) is 1. The van der Waals surface area contributed by atoms with Crippen LogP contribution < -0.4 is 5.32 Å². The second-order valence-corrected chi connectivity index (χ2v) is 7.61. The molecule has 26 heavy (non-hydrogen) atoms. The zero-order valence-corrected chi connectivity index (χ0v) is 17.1. The van der Waals surface area contributed by atoms with Crippen LogP contribution in [0.5, 0.6) is 0 Å². The Hall–Kier alpha value is -1.30. The van der Waals surface area contributed by atoms with Gasteiger partial charge in [0.05, 0.1) is 6.10 Å². The van der Waals surface area contributed by atoms with Gasteiger partial charge in [0.25, 0.3) is 0 Å². The SMILES string of the molecule is CCCCCCC(CCC(=O)OC(C)C)OC(=O)NCC1CCCN1C. The topological polar surface area (TPSA) is 67.9 Å². The number of alkyl carbamates (subject to hydrolysis) is 1. The normalized spacial score (nSPS) is 18.7. The highest BCUT2D eigenvalue weighted by Crippen LogP contribution is 2.16. The van der Waals surface area contributed by atoms with Crippen molar-refractivity contribution >= 4 is 12.1 Å². The van der Waals surface area contributed by atoms with Gasteiger partial charge >= 0.3 is 12.1 Å². The number of carbonyl (C=O) groups is 2. The highest BCUT2D eigenvalue weighted by molar-refractivity contribution is 5.70. The van der Waals surface area contributed by atoms with Gasteiger partial charge in [0.1, 0.15) is 6.10 Å². The Morgan fingerprint density at radius 2 is 1.92 bits per heavy atom. The number of nitrogens with one attached hydrogen (secondary N) is 1. The molecule has 1 amide bonds. The number of nitrogens with zero attached hydrogens (tertiary/aromatic N) is 1. The predicted octanol–water partition coefficient (Wildman–Crippen LogP) is 3.88. The van der Waals surface area contributed by atoms with Gasteiger partial charge in [-0.15, -0.1) is 0 Å². The molecule has 0 aromatic rings. The van der Waals surface area contributed by atoms with Crippen LogP contribution in [-0.4, -0.2) is 55.3 Å². The summed E-state index contributed by atoms with van der Waals surface area (Å²) in [6.45, 7) is 7.55.